The standard InChI is InChI=1S/C19H23N3O2S/c1-12-4-5-14(17-21-16(11-25-17)13(2)6-8-20)10-15(12)19(24)7-9-22(3)18(19)23/h5-6,8,10-12,20,24H,4,7,9H2,1-3H3/b13-6+,20-8?/t12?,19-/m1/s1. The van der Waals surface area contributed by atoms with Crippen LogP contribution in [0.5, 0.6) is 0 Å². The molecule has 1 fully saturated rings. The Bertz CT molecular complexity index is 805. The summed E-state index contributed by atoms with van der Waals surface area (Å²) in [5.74, 6) is -0.0837. The van der Waals surface area contributed by atoms with Gasteiger partial charge in [0.15, 0.2) is 5.60 Å². The second-order valence-corrected chi connectivity index (χ2v) is 7.65. The van der Waals surface area contributed by atoms with E-state index in [2.05, 4.69) is 11.1 Å². The number of allylic oxidation sites excluding steroid dienone is 5. The Kier molecular flexibility index (Phi) is 4.75. The molecule has 1 unspecified atom stereocenters. The van der Waals surface area contributed by atoms with Crippen molar-refractivity contribution in [2.24, 2.45) is 5.92 Å². The molecule has 1 aliphatic heterocycles. The molecule has 6 heteroatoms. The van der Waals surface area contributed by atoms with Crippen LogP contribution in [0.2, 0.25) is 0 Å². The average molecular weight is 357 g/mol. The smallest absolute Gasteiger partial charge is 0.258 e. The van der Waals surface area contributed by atoms with Crippen molar-refractivity contribution in [3.63, 3.8) is 0 Å². The molecule has 2 aliphatic rings. The maximum Gasteiger partial charge on any atom is 0.258 e. The molecule has 25 heavy (non-hydrogen) atoms. The number of aromatic nitrogens is 1. The fourth-order valence-corrected chi connectivity index (χ4v) is 4.29. The Morgan fingerprint density at radius 1 is 1.56 bits per heavy atom. The number of hydrogen-bond donors (Lipinski definition) is 2. The third-order valence-corrected chi connectivity index (χ3v) is 5.90. The third kappa shape index (κ3) is 3.12. The van der Waals surface area contributed by atoms with Crippen molar-refractivity contribution in [3.8, 4) is 0 Å². The lowest BCUT2D eigenvalue weighted by molar-refractivity contribution is -0.139. The fourth-order valence-electron chi connectivity index (χ4n) is 3.39. The first-order valence-corrected chi connectivity index (χ1v) is 9.28. The Balaban J connectivity index is 1.94. The van der Waals surface area contributed by atoms with E-state index in [0.29, 0.717) is 13.0 Å². The van der Waals surface area contributed by atoms with Gasteiger partial charge in [-0.25, -0.2) is 4.98 Å². The zero-order valence-electron chi connectivity index (χ0n) is 14.7. The maximum absolute atomic E-state index is 12.5. The third-order valence-electron chi connectivity index (χ3n) is 5.01. The van der Waals surface area contributed by atoms with Gasteiger partial charge in [-0.05, 0) is 42.6 Å². The van der Waals surface area contributed by atoms with Crippen LogP contribution in [-0.2, 0) is 4.79 Å². The van der Waals surface area contributed by atoms with Gasteiger partial charge in [0, 0.05) is 37.2 Å². The van der Waals surface area contributed by atoms with Gasteiger partial charge in [-0.2, -0.15) is 0 Å². The van der Waals surface area contributed by atoms with Crippen molar-refractivity contribution in [1.29, 1.82) is 5.41 Å². The van der Waals surface area contributed by atoms with E-state index in [9.17, 15) is 9.90 Å². The van der Waals surface area contributed by atoms with Crippen LogP contribution >= 0.6 is 11.3 Å². The van der Waals surface area contributed by atoms with Gasteiger partial charge in [0.1, 0.15) is 5.01 Å². The molecule has 0 spiro atoms. The number of nitrogens with zero attached hydrogens (tertiary/aromatic N) is 2. The van der Waals surface area contributed by atoms with Gasteiger partial charge in [-0.1, -0.05) is 13.0 Å². The van der Waals surface area contributed by atoms with Crippen LogP contribution in [-0.4, -0.2) is 46.3 Å². The SMILES string of the molecule is C/C(=C\C=N)c1csc(C2=CCC(C)C([C@]3(O)CCN(C)C3=O)=C2)n1. The molecule has 2 heterocycles. The molecule has 0 saturated carbocycles. The van der Waals surface area contributed by atoms with E-state index >= 15 is 0 Å². The number of hydrogen-bond acceptors (Lipinski definition) is 5. The van der Waals surface area contributed by atoms with Crippen LogP contribution < -0.4 is 0 Å². The number of nitrogens with one attached hydrogen (secondary N) is 1. The summed E-state index contributed by atoms with van der Waals surface area (Å²) in [6.45, 7) is 4.55. The normalized spacial score (nSPS) is 27.4. The number of likely N-dealkylation sites (tertiary alicyclic amines) is 1. The number of thiazole rings is 1. The van der Waals surface area contributed by atoms with Crippen LogP contribution in [0.3, 0.4) is 0 Å². The number of likely N-dealkylation sites (N-methyl/N-ethyl adjacent to an activating group) is 1. The molecule has 132 valence electrons. The van der Waals surface area contributed by atoms with E-state index in [1.807, 2.05) is 25.3 Å². The summed E-state index contributed by atoms with van der Waals surface area (Å²) in [6.07, 6.45) is 8.27. The van der Waals surface area contributed by atoms with Crippen molar-refractivity contribution >= 4 is 34.6 Å². The second kappa shape index (κ2) is 6.69. The molecule has 1 amide bonds. The summed E-state index contributed by atoms with van der Waals surface area (Å²) in [5.41, 5.74) is 2.17. The lowest BCUT2D eigenvalue weighted by atomic mass is 9.78. The minimum atomic E-state index is -1.39. The molecule has 5 nitrogen and oxygen atoms in total. The number of amides is 1. The Morgan fingerprint density at radius 3 is 2.96 bits per heavy atom. The molecule has 2 atom stereocenters. The van der Waals surface area contributed by atoms with Crippen LogP contribution in [0.4, 0.5) is 0 Å². The van der Waals surface area contributed by atoms with Crippen molar-refractivity contribution in [1.82, 2.24) is 9.88 Å². The highest BCUT2D eigenvalue weighted by molar-refractivity contribution is 7.11. The summed E-state index contributed by atoms with van der Waals surface area (Å²) in [4.78, 5) is 18.7. The second-order valence-electron chi connectivity index (χ2n) is 6.79. The minimum absolute atomic E-state index is 0.128. The summed E-state index contributed by atoms with van der Waals surface area (Å²) >= 11 is 1.54. The van der Waals surface area contributed by atoms with Crippen molar-refractivity contribution < 1.29 is 9.90 Å². The zero-order valence-corrected chi connectivity index (χ0v) is 15.6. The lowest BCUT2D eigenvalue weighted by Gasteiger charge is -2.30. The summed E-state index contributed by atoms with van der Waals surface area (Å²) in [7, 11) is 1.73. The van der Waals surface area contributed by atoms with Crippen LogP contribution in [0, 0.1) is 11.3 Å². The molecule has 2 N–H and O–H groups in total. The van der Waals surface area contributed by atoms with E-state index in [0.717, 1.165) is 33.8 Å². The summed E-state index contributed by atoms with van der Waals surface area (Å²) < 4.78 is 0. The van der Waals surface area contributed by atoms with Gasteiger partial charge in [0.25, 0.3) is 5.91 Å². The van der Waals surface area contributed by atoms with Crippen molar-refractivity contribution in [2.75, 3.05) is 13.6 Å². The van der Waals surface area contributed by atoms with E-state index in [1.54, 1.807) is 18.0 Å². The highest BCUT2D eigenvalue weighted by Gasteiger charge is 2.48. The van der Waals surface area contributed by atoms with Crippen LogP contribution in [0.15, 0.2) is 29.2 Å². The van der Waals surface area contributed by atoms with Crippen LogP contribution in [0.1, 0.15) is 37.4 Å². The molecule has 1 aromatic heterocycles. The topological polar surface area (TPSA) is 77.3 Å². The highest BCUT2D eigenvalue weighted by Crippen LogP contribution is 2.40. The molecule has 1 aliphatic carbocycles. The van der Waals surface area contributed by atoms with Gasteiger partial charge in [-0.3, -0.25) is 4.79 Å². The van der Waals surface area contributed by atoms with Gasteiger partial charge in [-0.15, -0.1) is 11.3 Å². The quantitative estimate of drug-likeness (QED) is 0.813. The first-order chi connectivity index (χ1) is 11.9. The summed E-state index contributed by atoms with van der Waals surface area (Å²) in [6, 6.07) is 0. The molecule has 0 aromatic carbocycles. The number of aliphatic hydroxyl groups is 1. The lowest BCUT2D eigenvalue weighted by Crippen LogP contribution is -2.42. The molecular formula is C19H23N3O2S. The van der Waals surface area contributed by atoms with E-state index < -0.39 is 5.60 Å². The van der Waals surface area contributed by atoms with Gasteiger partial charge >= 0.3 is 0 Å². The molecule has 0 bridgehead atoms. The van der Waals surface area contributed by atoms with Crippen molar-refractivity contribution in [2.45, 2.75) is 32.3 Å². The van der Waals surface area contributed by atoms with E-state index in [1.165, 1.54) is 17.6 Å². The van der Waals surface area contributed by atoms with Crippen LogP contribution in [0.25, 0.3) is 11.1 Å². The largest absolute Gasteiger partial charge is 0.375 e. The highest BCUT2D eigenvalue weighted by atomic mass is 32.1. The first-order valence-electron chi connectivity index (χ1n) is 8.40. The van der Waals surface area contributed by atoms with Crippen molar-refractivity contribution in [3.05, 3.63) is 39.9 Å². The van der Waals surface area contributed by atoms with Gasteiger partial charge < -0.3 is 15.4 Å². The number of rotatable bonds is 4. The molecular weight excluding hydrogens is 334 g/mol. The minimum Gasteiger partial charge on any atom is -0.375 e. The zero-order chi connectivity index (χ0) is 18.2. The van der Waals surface area contributed by atoms with Gasteiger partial charge in [0.05, 0.1) is 5.69 Å². The van der Waals surface area contributed by atoms with Gasteiger partial charge in [0.2, 0.25) is 0 Å². The number of carbonyl (C=O) groups excluding carboxylic acids is 1. The fraction of sp³-hybridized carbons (Fsp3) is 0.421. The van der Waals surface area contributed by atoms with E-state index in [4.69, 9.17) is 5.41 Å². The Labute approximate surface area is 151 Å². The van der Waals surface area contributed by atoms with E-state index in [-0.39, 0.29) is 11.8 Å². The summed E-state index contributed by atoms with van der Waals surface area (Å²) in [5, 5.41) is 21.0. The Hall–Kier alpha value is -2.05. The molecule has 0 radical (unpaired) electrons. The molecule has 1 saturated heterocycles. The average Bonchev–Trinajstić information content (AvgIpc) is 3.18. The Morgan fingerprint density at radius 2 is 2.32 bits per heavy atom. The number of carbonyl (C=O) groups is 1. The predicted octanol–water partition coefficient (Wildman–Crippen LogP) is 3.14. The maximum atomic E-state index is 12.5. The molecule has 3 rings (SSSR count). The predicted molar refractivity (Wildman–Crippen MR) is 102 cm³/mol. The molecule has 1 aromatic rings. The monoisotopic (exact) mass is 357 g/mol. The first kappa shape index (κ1) is 17.8.